The molecule has 5 N–H and O–H groups in total. The minimum atomic E-state index is -2.21. The highest BCUT2D eigenvalue weighted by atomic mass is 32.1. The van der Waals surface area contributed by atoms with Gasteiger partial charge in [0.05, 0.1) is 22.9 Å². The van der Waals surface area contributed by atoms with Crippen molar-refractivity contribution in [3.8, 4) is 0 Å². The van der Waals surface area contributed by atoms with Gasteiger partial charge in [-0.15, -0.1) is 11.3 Å². The average molecular weight is 319 g/mol. The van der Waals surface area contributed by atoms with Crippen molar-refractivity contribution in [2.75, 3.05) is 6.61 Å². The van der Waals surface area contributed by atoms with Gasteiger partial charge in [-0.2, -0.15) is 0 Å². The Bertz CT molecular complexity index is 519. The van der Waals surface area contributed by atoms with Crippen LogP contribution in [0.5, 0.6) is 0 Å². The van der Waals surface area contributed by atoms with Crippen LogP contribution in [-0.4, -0.2) is 73.1 Å². The number of nitrogens with zero attached hydrogens (tertiary/aromatic N) is 1. The molecule has 1 aliphatic heterocycles. The van der Waals surface area contributed by atoms with Crippen molar-refractivity contribution in [3.63, 3.8) is 0 Å². The number of ketones is 1. The summed E-state index contributed by atoms with van der Waals surface area (Å²) < 4.78 is 5.12. The molecule has 0 radical (unpaired) electrons. The summed E-state index contributed by atoms with van der Waals surface area (Å²) in [6.45, 7) is 0.740. The molecule has 1 fully saturated rings. The lowest BCUT2D eigenvalue weighted by molar-refractivity contribution is -0.348. The van der Waals surface area contributed by atoms with Gasteiger partial charge < -0.3 is 30.3 Å². The zero-order valence-electron chi connectivity index (χ0n) is 11.2. The summed E-state index contributed by atoms with van der Waals surface area (Å²) in [7, 11) is 0. The summed E-state index contributed by atoms with van der Waals surface area (Å²) in [5, 5.41) is 49.0. The van der Waals surface area contributed by atoms with Crippen LogP contribution in [0.1, 0.15) is 21.6 Å². The Hall–Kier alpha value is -0.940. The first-order valence-electron chi connectivity index (χ1n) is 6.29. The van der Waals surface area contributed by atoms with Crippen LogP contribution in [0.15, 0.2) is 6.20 Å². The van der Waals surface area contributed by atoms with E-state index in [1.807, 2.05) is 0 Å². The van der Waals surface area contributed by atoms with Crippen LogP contribution >= 0.6 is 11.3 Å². The van der Waals surface area contributed by atoms with Gasteiger partial charge in [0.2, 0.25) is 5.79 Å². The van der Waals surface area contributed by atoms with Crippen molar-refractivity contribution in [1.82, 2.24) is 4.98 Å². The minimum absolute atomic E-state index is 0.181. The lowest BCUT2D eigenvalue weighted by Crippen LogP contribution is -2.65. The van der Waals surface area contributed by atoms with Crippen molar-refractivity contribution in [3.05, 3.63) is 16.1 Å². The van der Waals surface area contributed by atoms with Gasteiger partial charge in [-0.05, 0) is 0 Å². The molecule has 1 aromatic heterocycles. The second-order valence-electron chi connectivity index (χ2n) is 4.96. The Balaban J connectivity index is 2.20. The van der Waals surface area contributed by atoms with E-state index in [9.17, 15) is 25.2 Å². The lowest BCUT2D eigenvalue weighted by atomic mass is 9.91. The molecule has 0 bridgehead atoms. The topological polar surface area (TPSA) is 140 Å². The van der Waals surface area contributed by atoms with E-state index >= 15 is 0 Å². The SMILES string of the molecule is CC(=O)c1cnc(C[C@]2(O)O[C@H](CO)[C@@H](O)[C@H](O)[C@@H]2O)s1. The van der Waals surface area contributed by atoms with Gasteiger partial charge in [-0.25, -0.2) is 4.98 Å². The van der Waals surface area contributed by atoms with E-state index in [1.54, 1.807) is 0 Å². The van der Waals surface area contributed by atoms with Crippen LogP contribution in [-0.2, 0) is 11.2 Å². The summed E-state index contributed by atoms with van der Waals surface area (Å²) in [5.74, 6) is -2.39. The van der Waals surface area contributed by atoms with Gasteiger partial charge in [0.1, 0.15) is 24.4 Å². The van der Waals surface area contributed by atoms with Crippen LogP contribution < -0.4 is 0 Å². The quantitative estimate of drug-likeness (QED) is 0.403. The highest BCUT2D eigenvalue weighted by Gasteiger charge is 2.52. The van der Waals surface area contributed by atoms with Crippen molar-refractivity contribution >= 4 is 17.1 Å². The first kappa shape index (κ1) is 16.4. The maximum Gasteiger partial charge on any atom is 0.201 e. The summed E-state index contributed by atoms with van der Waals surface area (Å²) in [6.07, 6.45) is -5.15. The number of carbonyl (C=O) groups is 1. The number of aromatic nitrogens is 1. The molecule has 8 nitrogen and oxygen atoms in total. The molecule has 0 spiro atoms. The number of aliphatic hydroxyl groups is 5. The van der Waals surface area contributed by atoms with Gasteiger partial charge >= 0.3 is 0 Å². The Morgan fingerprint density at radius 1 is 1.43 bits per heavy atom. The van der Waals surface area contributed by atoms with Crippen LogP contribution in [0, 0.1) is 0 Å². The largest absolute Gasteiger partial charge is 0.394 e. The maximum absolute atomic E-state index is 11.2. The lowest BCUT2D eigenvalue weighted by Gasteiger charge is -2.45. The van der Waals surface area contributed by atoms with Crippen LogP contribution in [0.25, 0.3) is 0 Å². The van der Waals surface area contributed by atoms with E-state index in [2.05, 4.69) is 4.98 Å². The third kappa shape index (κ3) is 3.14. The monoisotopic (exact) mass is 319 g/mol. The van der Waals surface area contributed by atoms with E-state index in [1.165, 1.54) is 13.1 Å². The number of ether oxygens (including phenoxy) is 1. The van der Waals surface area contributed by atoms with E-state index in [-0.39, 0.29) is 12.2 Å². The first-order valence-corrected chi connectivity index (χ1v) is 7.11. The Morgan fingerprint density at radius 2 is 2.10 bits per heavy atom. The molecular formula is C12H17NO7S. The molecule has 118 valence electrons. The number of rotatable bonds is 4. The van der Waals surface area contributed by atoms with Crippen molar-refractivity contribution < 1.29 is 35.1 Å². The van der Waals surface area contributed by atoms with Crippen molar-refractivity contribution in [2.24, 2.45) is 0 Å². The molecule has 0 aliphatic carbocycles. The first-order chi connectivity index (χ1) is 9.78. The fourth-order valence-corrected chi connectivity index (χ4v) is 3.03. The third-order valence-corrected chi connectivity index (χ3v) is 4.46. The molecule has 0 amide bonds. The molecule has 5 atom stereocenters. The highest BCUT2D eigenvalue weighted by molar-refractivity contribution is 7.13. The molecule has 2 heterocycles. The predicted octanol–water partition coefficient (Wildman–Crippen LogP) is -1.95. The highest BCUT2D eigenvalue weighted by Crippen LogP contribution is 2.32. The number of aliphatic hydroxyl groups excluding tert-OH is 4. The maximum atomic E-state index is 11.2. The number of hydrogen-bond donors (Lipinski definition) is 5. The number of hydrogen-bond acceptors (Lipinski definition) is 9. The molecule has 1 aromatic rings. The second kappa shape index (κ2) is 6.05. The average Bonchev–Trinajstić information content (AvgIpc) is 2.89. The van der Waals surface area contributed by atoms with Gasteiger partial charge in [0.25, 0.3) is 0 Å². The summed E-state index contributed by atoms with van der Waals surface area (Å²) in [5.41, 5.74) is 0. The Morgan fingerprint density at radius 3 is 2.62 bits per heavy atom. The Labute approximate surface area is 124 Å². The van der Waals surface area contributed by atoms with Crippen molar-refractivity contribution in [2.45, 2.75) is 43.5 Å². The van der Waals surface area contributed by atoms with E-state index in [4.69, 9.17) is 9.84 Å². The molecule has 1 saturated heterocycles. The molecular weight excluding hydrogens is 302 g/mol. The van der Waals surface area contributed by atoms with Gasteiger partial charge in [-0.3, -0.25) is 4.79 Å². The van der Waals surface area contributed by atoms with Crippen LogP contribution in [0.2, 0.25) is 0 Å². The third-order valence-electron chi connectivity index (χ3n) is 3.36. The van der Waals surface area contributed by atoms with Crippen LogP contribution in [0.4, 0.5) is 0 Å². The van der Waals surface area contributed by atoms with Gasteiger partial charge in [0, 0.05) is 13.1 Å². The summed E-state index contributed by atoms with van der Waals surface area (Å²) in [4.78, 5) is 15.5. The smallest absolute Gasteiger partial charge is 0.201 e. The van der Waals surface area contributed by atoms with E-state index in [0.717, 1.165) is 11.3 Å². The normalized spacial score (nSPS) is 36.7. The Kier molecular flexibility index (Phi) is 4.73. The second-order valence-corrected chi connectivity index (χ2v) is 6.08. The molecule has 9 heteroatoms. The van der Waals surface area contributed by atoms with Gasteiger partial charge in [-0.1, -0.05) is 0 Å². The molecule has 1 aliphatic rings. The predicted molar refractivity (Wildman–Crippen MR) is 70.8 cm³/mol. The zero-order valence-corrected chi connectivity index (χ0v) is 12.0. The fourth-order valence-electron chi connectivity index (χ4n) is 2.14. The van der Waals surface area contributed by atoms with E-state index in [0.29, 0.717) is 9.88 Å². The molecule has 0 aromatic carbocycles. The summed E-state index contributed by atoms with van der Waals surface area (Å²) in [6, 6.07) is 0. The number of carbonyl (C=O) groups excluding carboxylic acids is 1. The molecule has 2 rings (SSSR count). The standard InChI is InChI=1S/C12H17NO7S/c1-5(15)7-3-13-8(21-7)2-12(19)11(18)10(17)9(16)6(4-14)20-12/h3,6,9-11,14,16-19H,2,4H2,1H3/t6-,9-,10+,11+,12+/m1/s1. The molecule has 21 heavy (non-hydrogen) atoms. The zero-order chi connectivity index (χ0) is 15.8. The molecule has 0 saturated carbocycles. The molecule has 0 unspecified atom stereocenters. The van der Waals surface area contributed by atoms with Gasteiger partial charge in [0.15, 0.2) is 5.78 Å². The van der Waals surface area contributed by atoms with E-state index < -0.39 is 36.8 Å². The number of Topliss-reactive ketones (excluding diaryl/α,β-unsaturated/α-hetero) is 1. The van der Waals surface area contributed by atoms with Crippen molar-refractivity contribution in [1.29, 1.82) is 0 Å². The summed E-state index contributed by atoms with van der Waals surface area (Å²) >= 11 is 1.03. The van der Waals surface area contributed by atoms with Crippen LogP contribution in [0.3, 0.4) is 0 Å². The number of thiazole rings is 1. The minimum Gasteiger partial charge on any atom is -0.394 e. The fraction of sp³-hybridized carbons (Fsp3) is 0.667.